The number of hydrogen-bond donors (Lipinski definition) is 0. The van der Waals surface area contributed by atoms with E-state index >= 15 is 0 Å². The maximum atomic E-state index is 12.6. The van der Waals surface area contributed by atoms with E-state index in [0.717, 1.165) is 0 Å². The third-order valence-corrected chi connectivity index (χ3v) is 1.42. The average molecular weight is 263 g/mol. The van der Waals surface area contributed by atoms with Gasteiger partial charge < -0.3 is 0 Å². The summed E-state index contributed by atoms with van der Waals surface area (Å²) < 4.78 is 113. The summed E-state index contributed by atoms with van der Waals surface area (Å²) in [7, 11) is 0. The van der Waals surface area contributed by atoms with Gasteiger partial charge in [-0.15, -0.1) is 0 Å². The van der Waals surface area contributed by atoms with Crippen molar-refractivity contribution >= 4 is 0 Å². The summed E-state index contributed by atoms with van der Waals surface area (Å²) in [5.74, 6) is -5.86. The lowest BCUT2D eigenvalue weighted by Gasteiger charge is -2.24. The van der Waals surface area contributed by atoms with Crippen molar-refractivity contribution < 1.29 is 49.0 Å². The van der Waals surface area contributed by atoms with Gasteiger partial charge in [0.25, 0.3) is 0 Å². The zero-order valence-electron chi connectivity index (χ0n) is 6.72. The first-order valence-electron chi connectivity index (χ1n) is 3.27. The first kappa shape index (κ1) is 13.4. The average Bonchev–Trinajstić information content (AvgIpc) is 2.21. The fourth-order valence-corrected chi connectivity index (χ4v) is 0.729. The van der Waals surface area contributed by atoms with Gasteiger partial charge in [-0.05, 0) is 0 Å². The number of ether oxygens (including phenoxy) is 2. The van der Waals surface area contributed by atoms with Crippen LogP contribution in [-0.4, -0.2) is 24.3 Å². The minimum Gasteiger partial charge on any atom is -0.286 e. The van der Waals surface area contributed by atoms with Crippen molar-refractivity contribution in [3.63, 3.8) is 0 Å². The topological polar surface area (TPSA) is 18.5 Å². The number of hydrogen-bond acceptors (Lipinski definition) is 2. The van der Waals surface area contributed by atoms with Gasteiger partial charge in [-0.2, -0.15) is 39.5 Å². The zero-order valence-corrected chi connectivity index (χ0v) is 6.72. The summed E-state index contributed by atoms with van der Waals surface area (Å²) in [6.07, 6.45) is -21.1. The molecule has 1 saturated heterocycles. The molecule has 95 valence electrons. The SMILES string of the molecule is FC(F)(F)[C]1OC(F)(F)C(F)(C(F)(F)F)O1. The number of alkyl halides is 9. The van der Waals surface area contributed by atoms with Crippen LogP contribution in [0.3, 0.4) is 0 Å². The number of rotatable bonds is 0. The highest BCUT2D eigenvalue weighted by atomic mass is 19.4. The summed E-state index contributed by atoms with van der Waals surface area (Å²) in [6.45, 7) is 0. The van der Waals surface area contributed by atoms with Gasteiger partial charge in [-0.25, -0.2) is 0 Å². The molecule has 1 fully saturated rings. The van der Waals surface area contributed by atoms with Crippen LogP contribution in [0.1, 0.15) is 0 Å². The van der Waals surface area contributed by atoms with E-state index in [-0.39, 0.29) is 0 Å². The molecule has 11 heteroatoms. The van der Waals surface area contributed by atoms with Crippen molar-refractivity contribution in [3.8, 4) is 0 Å². The maximum Gasteiger partial charge on any atom is 0.458 e. The molecule has 0 N–H and O–H groups in total. The Morgan fingerprint density at radius 2 is 1.25 bits per heavy atom. The molecule has 1 radical (unpaired) electrons. The molecule has 1 heterocycles. The predicted octanol–water partition coefficient (Wildman–Crippen LogP) is 2.91. The first-order valence-corrected chi connectivity index (χ1v) is 3.27. The third-order valence-electron chi connectivity index (χ3n) is 1.42. The van der Waals surface area contributed by atoms with E-state index in [1.165, 1.54) is 0 Å². The summed E-state index contributed by atoms with van der Waals surface area (Å²) in [5.41, 5.74) is 0. The molecule has 0 saturated carbocycles. The van der Waals surface area contributed by atoms with Gasteiger partial charge in [-0.3, -0.25) is 9.47 Å². The molecule has 16 heavy (non-hydrogen) atoms. The zero-order chi connectivity index (χ0) is 13.0. The van der Waals surface area contributed by atoms with E-state index < -0.39 is 30.6 Å². The molecule has 1 aliphatic rings. The van der Waals surface area contributed by atoms with E-state index in [0.29, 0.717) is 0 Å². The fraction of sp³-hybridized carbons (Fsp3) is 0.800. The monoisotopic (exact) mass is 263 g/mol. The van der Waals surface area contributed by atoms with Crippen LogP contribution in [0.4, 0.5) is 39.5 Å². The Hall–Kier alpha value is -0.710. The summed E-state index contributed by atoms with van der Waals surface area (Å²) in [5, 5.41) is 0. The van der Waals surface area contributed by atoms with Crippen LogP contribution in [-0.2, 0) is 9.47 Å². The first-order chi connectivity index (χ1) is 6.81. The largest absolute Gasteiger partial charge is 0.458 e. The molecular formula is C5F9O2. The highest BCUT2D eigenvalue weighted by Gasteiger charge is 2.82. The minimum atomic E-state index is -6.39. The molecule has 2 nitrogen and oxygen atoms in total. The highest BCUT2D eigenvalue weighted by Crippen LogP contribution is 2.56. The normalized spacial score (nSPS) is 32.1. The van der Waals surface area contributed by atoms with Crippen LogP contribution < -0.4 is 0 Å². The van der Waals surface area contributed by atoms with Gasteiger partial charge in [0.15, 0.2) is 0 Å². The van der Waals surface area contributed by atoms with Crippen LogP contribution in [0.25, 0.3) is 0 Å². The lowest BCUT2D eigenvalue weighted by molar-refractivity contribution is -0.393. The highest BCUT2D eigenvalue weighted by molar-refractivity contribution is 4.99. The third kappa shape index (κ3) is 1.81. The summed E-state index contributed by atoms with van der Waals surface area (Å²) >= 11 is 0. The van der Waals surface area contributed by atoms with E-state index in [1.54, 1.807) is 0 Å². The van der Waals surface area contributed by atoms with Crippen LogP contribution in [0.5, 0.6) is 0 Å². The van der Waals surface area contributed by atoms with E-state index in [2.05, 4.69) is 9.47 Å². The van der Waals surface area contributed by atoms with Gasteiger partial charge in [-0.1, -0.05) is 0 Å². The molecule has 0 aromatic rings. The van der Waals surface area contributed by atoms with E-state index in [4.69, 9.17) is 0 Å². The second kappa shape index (κ2) is 3.15. The van der Waals surface area contributed by atoms with Crippen LogP contribution in [0.2, 0.25) is 0 Å². The molecule has 1 aliphatic heterocycles. The van der Waals surface area contributed by atoms with Crippen LogP contribution in [0, 0.1) is 6.29 Å². The molecule has 0 aromatic carbocycles. The lowest BCUT2D eigenvalue weighted by Crippen LogP contribution is -2.53. The van der Waals surface area contributed by atoms with Gasteiger partial charge in [0.05, 0.1) is 0 Å². The maximum absolute atomic E-state index is 12.6. The molecule has 0 amide bonds. The number of halogens is 9. The van der Waals surface area contributed by atoms with Crippen molar-refractivity contribution in [1.82, 2.24) is 0 Å². The van der Waals surface area contributed by atoms with Crippen molar-refractivity contribution in [2.45, 2.75) is 24.3 Å². The van der Waals surface area contributed by atoms with Gasteiger partial charge >= 0.3 is 30.6 Å². The van der Waals surface area contributed by atoms with Crippen molar-refractivity contribution in [1.29, 1.82) is 0 Å². The van der Waals surface area contributed by atoms with Gasteiger partial charge in [0, 0.05) is 0 Å². The Labute approximate surface area is 80.9 Å². The Kier molecular flexibility index (Phi) is 2.63. The molecule has 0 aliphatic carbocycles. The van der Waals surface area contributed by atoms with Gasteiger partial charge in [0.1, 0.15) is 0 Å². The fourth-order valence-electron chi connectivity index (χ4n) is 0.729. The van der Waals surface area contributed by atoms with Crippen molar-refractivity contribution in [2.75, 3.05) is 0 Å². The molecule has 0 spiro atoms. The second-order valence-corrected chi connectivity index (χ2v) is 2.60. The predicted molar refractivity (Wildman–Crippen MR) is 26.3 cm³/mol. The molecule has 0 aromatic heterocycles. The molecule has 1 unspecified atom stereocenters. The van der Waals surface area contributed by atoms with Crippen LogP contribution in [0.15, 0.2) is 0 Å². The second-order valence-electron chi connectivity index (χ2n) is 2.60. The van der Waals surface area contributed by atoms with E-state index in [9.17, 15) is 39.5 Å². The van der Waals surface area contributed by atoms with Crippen molar-refractivity contribution in [3.05, 3.63) is 6.29 Å². The van der Waals surface area contributed by atoms with Gasteiger partial charge in [0.2, 0.25) is 0 Å². The Bertz CT molecular complexity index is 281. The van der Waals surface area contributed by atoms with Crippen molar-refractivity contribution in [2.24, 2.45) is 0 Å². The molecule has 1 atom stereocenters. The smallest absolute Gasteiger partial charge is 0.286 e. The Morgan fingerprint density at radius 3 is 1.44 bits per heavy atom. The standard InChI is InChI=1S/C5F9O2/c6-2(7,8)1-15-3(9,4(10,11)12)5(13,14)16-1. The Balaban J connectivity index is 3.07. The molecule has 1 rings (SSSR count). The summed E-state index contributed by atoms with van der Waals surface area (Å²) in [4.78, 5) is 0. The minimum absolute atomic E-state index is 2.50. The quantitative estimate of drug-likeness (QED) is 0.625. The van der Waals surface area contributed by atoms with E-state index in [1.807, 2.05) is 0 Å². The molecular weight excluding hydrogens is 263 g/mol. The summed E-state index contributed by atoms with van der Waals surface area (Å²) in [6, 6.07) is 0. The lowest BCUT2D eigenvalue weighted by atomic mass is 10.3. The van der Waals surface area contributed by atoms with Crippen LogP contribution >= 0.6 is 0 Å². The molecule has 0 bridgehead atoms. The Morgan fingerprint density at radius 1 is 0.812 bits per heavy atom.